The average Bonchev–Trinajstić information content (AvgIpc) is 2.68. The van der Waals surface area contributed by atoms with Crippen LogP contribution in [-0.2, 0) is 6.54 Å². The number of rotatable bonds is 4. The lowest BCUT2D eigenvalue weighted by atomic mass is 10.0. The Morgan fingerprint density at radius 3 is 2.37 bits per heavy atom. The first-order chi connectivity index (χ1) is 8.69. The van der Waals surface area contributed by atoms with Gasteiger partial charge in [-0.2, -0.15) is 4.39 Å². The fourth-order valence-corrected chi connectivity index (χ4v) is 2.76. The van der Waals surface area contributed by atoms with Crippen LogP contribution in [0.15, 0.2) is 18.2 Å². The first-order valence-corrected chi connectivity index (χ1v) is 6.34. The van der Waals surface area contributed by atoms with E-state index in [4.69, 9.17) is 0 Å². The molecule has 5 heteroatoms. The fraction of sp³-hybridized carbons (Fsp3) is 0.571. The minimum Gasteiger partial charge on any atom is -0.309 e. The highest BCUT2D eigenvalue weighted by atomic mass is 19.1. The van der Waals surface area contributed by atoms with Crippen molar-refractivity contribution >= 4 is 5.69 Å². The van der Waals surface area contributed by atoms with Crippen LogP contribution in [0.5, 0.6) is 0 Å². The minimum absolute atomic E-state index is 0.157. The van der Waals surface area contributed by atoms with Gasteiger partial charge in [-0.05, 0) is 10.8 Å². The number of nitro benzene ring substituents is 1. The van der Waals surface area contributed by atoms with Crippen LogP contribution < -0.4 is 5.32 Å². The van der Waals surface area contributed by atoms with Gasteiger partial charge in [-0.1, -0.05) is 39.8 Å². The lowest BCUT2D eigenvalue weighted by Gasteiger charge is -2.07. The van der Waals surface area contributed by atoms with E-state index in [0.29, 0.717) is 18.2 Å². The Morgan fingerprint density at radius 2 is 1.89 bits per heavy atom. The van der Waals surface area contributed by atoms with Crippen molar-refractivity contribution < 1.29 is 9.31 Å². The number of nitro groups is 1. The number of halogens is 1. The predicted molar refractivity (Wildman–Crippen MR) is 71.2 cm³/mol. The normalized spacial score (nSPS) is 20.3. The van der Waals surface area contributed by atoms with Gasteiger partial charge in [0.1, 0.15) is 0 Å². The molecule has 0 saturated heterocycles. The molecule has 19 heavy (non-hydrogen) atoms. The van der Waals surface area contributed by atoms with Gasteiger partial charge in [0, 0.05) is 24.2 Å². The summed E-state index contributed by atoms with van der Waals surface area (Å²) >= 11 is 0. The summed E-state index contributed by atoms with van der Waals surface area (Å²) in [6.45, 7) is 8.96. The maximum Gasteiger partial charge on any atom is 0.305 e. The van der Waals surface area contributed by atoms with Gasteiger partial charge in [0.05, 0.1) is 4.92 Å². The lowest BCUT2D eigenvalue weighted by molar-refractivity contribution is -0.387. The van der Waals surface area contributed by atoms with Crippen LogP contribution in [0.2, 0.25) is 0 Å². The zero-order valence-corrected chi connectivity index (χ0v) is 11.7. The van der Waals surface area contributed by atoms with E-state index < -0.39 is 16.4 Å². The van der Waals surface area contributed by atoms with Crippen LogP contribution >= 0.6 is 0 Å². The second-order valence-electron chi connectivity index (χ2n) is 6.26. The van der Waals surface area contributed by atoms with Gasteiger partial charge >= 0.3 is 5.69 Å². The number of nitrogens with one attached hydrogen (secondary N) is 1. The van der Waals surface area contributed by atoms with Gasteiger partial charge in [0.25, 0.3) is 0 Å². The second-order valence-corrected chi connectivity index (χ2v) is 6.26. The quantitative estimate of drug-likeness (QED) is 0.672. The highest BCUT2D eigenvalue weighted by molar-refractivity contribution is 5.37. The summed E-state index contributed by atoms with van der Waals surface area (Å²) in [6, 6.07) is 4.57. The van der Waals surface area contributed by atoms with Crippen molar-refractivity contribution in [2.75, 3.05) is 0 Å². The highest BCUT2D eigenvalue weighted by Gasteiger charge is 2.64. The predicted octanol–water partition coefficient (Wildman–Crippen LogP) is 3.26. The van der Waals surface area contributed by atoms with Crippen molar-refractivity contribution in [2.24, 2.45) is 10.8 Å². The van der Waals surface area contributed by atoms with Crippen molar-refractivity contribution in [3.63, 3.8) is 0 Å². The van der Waals surface area contributed by atoms with Crippen molar-refractivity contribution in [3.8, 4) is 0 Å². The molecule has 0 heterocycles. The van der Waals surface area contributed by atoms with Gasteiger partial charge < -0.3 is 5.32 Å². The van der Waals surface area contributed by atoms with E-state index in [2.05, 4.69) is 33.0 Å². The molecule has 4 nitrogen and oxygen atoms in total. The zero-order chi connectivity index (χ0) is 14.4. The van der Waals surface area contributed by atoms with Crippen molar-refractivity contribution in [3.05, 3.63) is 39.7 Å². The summed E-state index contributed by atoms with van der Waals surface area (Å²) in [5.41, 5.74) is 0.190. The Kier molecular flexibility index (Phi) is 3.13. The van der Waals surface area contributed by atoms with E-state index in [0.717, 1.165) is 0 Å². The number of benzene rings is 1. The van der Waals surface area contributed by atoms with E-state index in [1.165, 1.54) is 12.1 Å². The van der Waals surface area contributed by atoms with Crippen LogP contribution in [-0.4, -0.2) is 11.0 Å². The molecule has 0 unspecified atom stereocenters. The van der Waals surface area contributed by atoms with Crippen molar-refractivity contribution in [2.45, 2.75) is 40.3 Å². The maximum absolute atomic E-state index is 13.9. The SMILES string of the molecule is CC1(C)C(NCc2cccc([N+](=O)[O-])c2F)C1(C)C. The molecule has 1 fully saturated rings. The van der Waals surface area contributed by atoms with E-state index in [9.17, 15) is 14.5 Å². The fourth-order valence-electron chi connectivity index (χ4n) is 2.76. The van der Waals surface area contributed by atoms with Crippen LogP contribution in [0, 0.1) is 26.8 Å². The summed E-state index contributed by atoms with van der Waals surface area (Å²) < 4.78 is 13.9. The molecule has 1 aliphatic rings. The van der Waals surface area contributed by atoms with E-state index in [-0.39, 0.29) is 10.8 Å². The van der Waals surface area contributed by atoms with Gasteiger partial charge in [0.15, 0.2) is 0 Å². The van der Waals surface area contributed by atoms with Crippen molar-refractivity contribution in [1.29, 1.82) is 0 Å². The van der Waals surface area contributed by atoms with Crippen LogP contribution in [0.3, 0.4) is 0 Å². The molecule has 2 rings (SSSR count). The molecule has 1 aliphatic carbocycles. The molecular formula is C14H19FN2O2. The lowest BCUT2D eigenvalue weighted by Crippen LogP contribution is -2.22. The first-order valence-electron chi connectivity index (χ1n) is 6.34. The summed E-state index contributed by atoms with van der Waals surface area (Å²) in [4.78, 5) is 9.99. The van der Waals surface area contributed by atoms with Gasteiger partial charge in [-0.25, -0.2) is 0 Å². The topological polar surface area (TPSA) is 55.2 Å². The standard InChI is InChI=1S/C14H19FN2O2/c1-13(2)12(14(13,3)4)16-8-9-6-5-7-10(11(9)15)17(18)19/h5-7,12,16H,8H2,1-4H3. The van der Waals surface area contributed by atoms with Gasteiger partial charge in [-0.15, -0.1) is 0 Å². The Balaban J connectivity index is 2.10. The molecule has 0 amide bonds. The third kappa shape index (κ3) is 2.12. The zero-order valence-electron chi connectivity index (χ0n) is 11.7. The smallest absolute Gasteiger partial charge is 0.305 e. The number of hydrogen-bond acceptors (Lipinski definition) is 3. The molecule has 0 bridgehead atoms. The Hall–Kier alpha value is -1.49. The molecule has 1 N–H and O–H groups in total. The molecule has 0 aromatic heterocycles. The maximum atomic E-state index is 13.9. The largest absolute Gasteiger partial charge is 0.309 e. The molecule has 0 aliphatic heterocycles. The Morgan fingerprint density at radius 1 is 1.32 bits per heavy atom. The molecular weight excluding hydrogens is 247 g/mol. The second kappa shape index (κ2) is 4.27. The molecule has 0 radical (unpaired) electrons. The molecule has 1 aromatic carbocycles. The van der Waals surface area contributed by atoms with Crippen LogP contribution in [0.1, 0.15) is 33.3 Å². The Labute approximate surface area is 112 Å². The van der Waals surface area contributed by atoms with E-state index in [1.54, 1.807) is 6.07 Å². The van der Waals surface area contributed by atoms with Crippen LogP contribution in [0.4, 0.5) is 10.1 Å². The third-order valence-corrected chi connectivity index (χ3v) is 4.77. The summed E-state index contributed by atoms with van der Waals surface area (Å²) in [5, 5.41) is 14.0. The van der Waals surface area contributed by atoms with E-state index >= 15 is 0 Å². The molecule has 1 aromatic rings. The Bertz CT molecular complexity index is 512. The molecule has 0 spiro atoms. The third-order valence-electron chi connectivity index (χ3n) is 4.77. The number of nitrogens with zero attached hydrogens (tertiary/aromatic N) is 1. The summed E-state index contributed by atoms with van der Waals surface area (Å²) in [5.74, 6) is -0.740. The van der Waals surface area contributed by atoms with E-state index in [1.807, 2.05) is 0 Å². The monoisotopic (exact) mass is 266 g/mol. The number of hydrogen-bond donors (Lipinski definition) is 1. The molecule has 104 valence electrons. The first kappa shape index (κ1) is 13.9. The molecule has 1 saturated carbocycles. The average molecular weight is 266 g/mol. The summed E-state index contributed by atoms with van der Waals surface area (Å²) in [6.07, 6.45) is 0. The molecule has 0 atom stereocenters. The van der Waals surface area contributed by atoms with Crippen LogP contribution in [0.25, 0.3) is 0 Å². The van der Waals surface area contributed by atoms with Gasteiger partial charge in [0.2, 0.25) is 5.82 Å². The highest BCUT2D eigenvalue weighted by Crippen LogP contribution is 2.62. The van der Waals surface area contributed by atoms with Gasteiger partial charge in [-0.3, -0.25) is 10.1 Å². The summed E-state index contributed by atoms with van der Waals surface area (Å²) in [7, 11) is 0. The van der Waals surface area contributed by atoms with Crippen molar-refractivity contribution in [1.82, 2.24) is 5.32 Å². The minimum atomic E-state index is -0.740.